The highest BCUT2D eigenvalue weighted by atomic mass is 32.2. The molecule has 3 rings (SSSR count). The molecule has 0 radical (unpaired) electrons. The van der Waals surface area contributed by atoms with Gasteiger partial charge in [-0.1, -0.05) is 0 Å². The Morgan fingerprint density at radius 2 is 1.85 bits per heavy atom. The molecular weight excluding hydrogens is 302 g/mol. The minimum absolute atomic E-state index is 0.0213. The molecular formula is C12H15NO5S2. The maximum Gasteiger partial charge on any atom is 0.345 e. The third-order valence-corrected chi connectivity index (χ3v) is 7.51. The van der Waals surface area contributed by atoms with Crippen molar-refractivity contribution in [2.75, 3.05) is 0 Å². The van der Waals surface area contributed by atoms with Crippen LogP contribution in [0.15, 0.2) is 16.3 Å². The molecule has 20 heavy (non-hydrogen) atoms. The second-order valence-electron chi connectivity index (χ2n) is 5.27. The van der Waals surface area contributed by atoms with Crippen LogP contribution in [0, 0.1) is 0 Å². The molecule has 8 heteroatoms. The third kappa shape index (κ3) is 2.16. The summed E-state index contributed by atoms with van der Waals surface area (Å²) >= 11 is 0.783. The van der Waals surface area contributed by atoms with Gasteiger partial charge in [0.25, 0.3) is 10.0 Å². The number of fused-ring (bicyclic) bond motifs is 2. The smallest absolute Gasteiger partial charge is 0.345 e. The number of nitrogens with zero attached hydrogens (tertiary/aromatic N) is 1. The van der Waals surface area contributed by atoms with E-state index in [2.05, 4.69) is 0 Å². The number of hydrogen-bond acceptors (Lipinski definition) is 5. The summed E-state index contributed by atoms with van der Waals surface area (Å²) in [6, 6.07) is 2.35. The molecule has 2 bridgehead atoms. The summed E-state index contributed by atoms with van der Waals surface area (Å²) in [6.45, 7) is 0. The number of aliphatic hydroxyl groups is 1. The number of aliphatic hydroxyl groups excluding tert-OH is 1. The molecule has 0 aromatic carbocycles. The zero-order valence-electron chi connectivity index (χ0n) is 10.6. The SMILES string of the molecule is O=C(O)c1ccc(S(=O)(=O)N2C3CCC2CC(O)C3)s1. The number of carbonyl (C=O) groups is 1. The molecule has 0 spiro atoms. The highest BCUT2D eigenvalue weighted by Crippen LogP contribution is 2.40. The fourth-order valence-electron chi connectivity index (χ4n) is 3.18. The van der Waals surface area contributed by atoms with Gasteiger partial charge in [-0.25, -0.2) is 13.2 Å². The molecule has 3 heterocycles. The molecule has 2 saturated heterocycles. The Kier molecular flexibility index (Phi) is 3.36. The Hall–Kier alpha value is -0.960. The van der Waals surface area contributed by atoms with E-state index < -0.39 is 22.1 Å². The zero-order valence-corrected chi connectivity index (χ0v) is 12.2. The van der Waals surface area contributed by atoms with Crippen LogP contribution >= 0.6 is 11.3 Å². The molecule has 0 aliphatic carbocycles. The van der Waals surface area contributed by atoms with Crippen molar-refractivity contribution in [3.63, 3.8) is 0 Å². The molecule has 2 fully saturated rings. The number of carboxylic acid groups (broad SMARTS) is 1. The van der Waals surface area contributed by atoms with E-state index >= 15 is 0 Å². The molecule has 2 unspecified atom stereocenters. The second-order valence-corrected chi connectivity index (χ2v) is 8.42. The quantitative estimate of drug-likeness (QED) is 0.871. The van der Waals surface area contributed by atoms with Crippen LogP contribution in [0.25, 0.3) is 0 Å². The van der Waals surface area contributed by atoms with Gasteiger partial charge in [-0.3, -0.25) is 0 Å². The van der Waals surface area contributed by atoms with Gasteiger partial charge in [-0.2, -0.15) is 4.31 Å². The van der Waals surface area contributed by atoms with E-state index in [1.807, 2.05) is 0 Å². The highest BCUT2D eigenvalue weighted by molar-refractivity contribution is 7.91. The standard InChI is InChI=1S/C12H15NO5S2/c14-9-5-7-1-2-8(6-9)13(7)20(17,18)11-4-3-10(19-11)12(15)16/h3-4,7-9,14H,1-2,5-6H2,(H,15,16). The largest absolute Gasteiger partial charge is 0.477 e. The van der Waals surface area contributed by atoms with Crippen LogP contribution in [0.4, 0.5) is 0 Å². The minimum Gasteiger partial charge on any atom is -0.477 e. The van der Waals surface area contributed by atoms with Crippen molar-refractivity contribution < 1.29 is 23.4 Å². The first kappa shape index (κ1) is 14.0. The van der Waals surface area contributed by atoms with Gasteiger partial charge >= 0.3 is 5.97 Å². The topological polar surface area (TPSA) is 94.9 Å². The zero-order chi connectivity index (χ0) is 14.5. The number of sulfonamides is 1. The Labute approximate surface area is 120 Å². The van der Waals surface area contributed by atoms with E-state index in [1.165, 1.54) is 16.4 Å². The van der Waals surface area contributed by atoms with E-state index in [-0.39, 0.29) is 21.2 Å². The summed E-state index contributed by atoms with van der Waals surface area (Å²) < 4.78 is 26.9. The molecule has 0 amide bonds. The summed E-state index contributed by atoms with van der Waals surface area (Å²) in [5.74, 6) is -1.12. The predicted octanol–water partition coefficient (Wildman–Crippen LogP) is 1.12. The molecule has 2 N–H and O–H groups in total. The van der Waals surface area contributed by atoms with E-state index in [1.54, 1.807) is 0 Å². The number of piperidine rings is 1. The summed E-state index contributed by atoms with van der Waals surface area (Å²) in [5, 5.41) is 18.6. The van der Waals surface area contributed by atoms with Gasteiger partial charge in [-0.15, -0.1) is 11.3 Å². The molecule has 110 valence electrons. The van der Waals surface area contributed by atoms with E-state index in [0.29, 0.717) is 12.8 Å². The number of rotatable bonds is 3. The summed E-state index contributed by atoms with van der Waals surface area (Å²) in [7, 11) is -3.66. The maximum absolute atomic E-state index is 12.7. The second kappa shape index (κ2) is 4.80. The van der Waals surface area contributed by atoms with Crippen LogP contribution in [0.5, 0.6) is 0 Å². The van der Waals surface area contributed by atoms with Gasteiger partial charge in [-0.05, 0) is 37.8 Å². The lowest BCUT2D eigenvalue weighted by molar-refractivity contribution is 0.0701. The monoisotopic (exact) mass is 317 g/mol. The van der Waals surface area contributed by atoms with E-state index in [0.717, 1.165) is 24.2 Å². The van der Waals surface area contributed by atoms with Crippen LogP contribution in [0.2, 0.25) is 0 Å². The van der Waals surface area contributed by atoms with Crippen molar-refractivity contribution >= 4 is 27.3 Å². The maximum atomic E-state index is 12.7. The van der Waals surface area contributed by atoms with Crippen molar-refractivity contribution in [2.24, 2.45) is 0 Å². The fraction of sp³-hybridized carbons (Fsp3) is 0.583. The van der Waals surface area contributed by atoms with E-state index in [4.69, 9.17) is 5.11 Å². The number of carboxylic acids is 1. The predicted molar refractivity (Wildman–Crippen MR) is 72.4 cm³/mol. The normalized spacial score (nSPS) is 30.6. The first-order chi connectivity index (χ1) is 9.39. The Morgan fingerprint density at radius 1 is 1.25 bits per heavy atom. The van der Waals surface area contributed by atoms with Crippen molar-refractivity contribution in [3.05, 3.63) is 17.0 Å². The summed E-state index contributed by atoms with van der Waals surface area (Å²) in [6.07, 6.45) is 2.02. The lowest BCUT2D eigenvalue weighted by Gasteiger charge is -2.35. The van der Waals surface area contributed by atoms with Crippen LogP contribution in [-0.4, -0.2) is 47.1 Å². The van der Waals surface area contributed by atoms with Crippen LogP contribution in [0.3, 0.4) is 0 Å². The first-order valence-electron chi connectivity index (χ1n) is 6.44. The summed E-state index contributed by atoms with van der Waals surface area (Å²) in [5.41, 5.74) is 0. The number of hydrogen-bond donors (Lipinski definition) is 2. The van der Waals surface area contributed by atoms with Crippen LogP contribution in [0.1, 0.15) is 35.4 Å². The number of aromatic carboxylic acids is 1. The molecule has 1 aromatic heterocycles. The molecule has 6 nitrogen and oxygen atoms in total. The Balaban J connectivity index is 1.94. The van der Waals surface area contributed by atoms with Gasteiger partial charge in [0, 0.05) is 12.1 Å². The average molecular weight is 317 g/mol. The van der Waals surface area contributed by atoms with Crippen molar-refractivity contribution in [1.29, 1.82) is 0 Å². The van der Waals surface area contributed by atoms with Gasteiger partial charge in [0.1, 0.15) is 9.09 Å². The van der Waals surface area contributed by atoms with Crippen molar-refractivity contribution in [2.45, 2.75) is 48.1 Å². The summed E-state index contributed by atoms with van der Waals surface area (Å²) in [4.78, 5) is 10.9. The average Bonchev–Trinajstić information content (AvgIpc) is 2.94. The van der Waals surface area contributed by atoms with Gasteiger partial charge in [0.15, 0.2) is 0 Å². The van der Waals surface area contributed by atoms with Gasteiger partial charge in [0.05, 0.1) is 6.10 Å². The van der Waals surface area contributed by atoms with Gasteiger partial charge in [0.2, 0.25) is 0 Å². The van der Waals surface area contributed by atoms with E-state index in [9.17, 15) is 18.3 Å². The molecule has 0 saturated carbocycles. The van der Waals surface area contributed by atoms with Crippen LogP contribution in [-0.2, 0) is 10.0 Å². The molecule has 2 aliphatic rings. The third-order valence-electron chi connectivity index (χ3n) is 3.97. The van der Waals surface area contributed by atoms with Crippen molar-refractivity contribution in [1.82, 2.24) is 4.31 Å². The van der Waals surface area contributed by atoms with Crippen LogP contribution < -0.4 is 0 Å². The Bertz CT molecular complexity index is 624. The number of thiophene rings is 1. The molecule has 1 aromatic rings. The lowest BCUT2D eigenvalue weighted by Crippen LogP contribution is -2.47. The Morgan fingerprint density at radius 3 is 2.35 bits per heavy atom. The van der Waals surface area contributed by atoms with Gasteiger partial charge < -0.3 is 10.2 Å². The molecule has 2 atom stereocenters. The first-order valence-corrected chi connectivity index (χ1v) is 8.70. The lowest BCUT2D eigenvalue weighted by atomic mass is 10.0. The van der Waals surface area contributed by atoms with Crippen molar-refractivity contribution in [3.8, 4) is 0 Å². The molecule has 2 aliphatic heterocycles. The highest BCUT2D eigenvalue weighted by Gasteiger charge is 2.47. The fourth-order valence-corrected chi connectivity index (χ4v) is 6.32. The minimum atomic E-state index is -3.66.